The number of hydrogen-bond acceptors (Lipinski definition) is 3. The summed E-state index contributed by atoms with van der Waals surface area (Å²) in [7, 11) is 1.79. The molecule has 7 heteroatoms. The van der Waals surface area contributed by atoms with Crippen molar-refractivity contribution in [2.45, 2.75) is 13.5 Å². The maximum Gasteiger partial charge on any atom is 0.387 e. The van der Waals surface area contributed by atoms with Crippen LogP contribution < -0.4 is 10.3 Å². The first-order valence-corrected chi connectivity index (χ1v) is 7.90. The van der Waals surface area contributed by atoms with Gasteiger partial charge in [0.2, 0.25) is 0 Å². The molecule has 5 nitrogen and oxygen atoms in total. The lowest BCUT2D eigenvalue weighted by atomic mass is 10.2. The summed E-state index contributed by atoms with van der Waals surface area (Å²) in [5, 5.41) is 0. The number of aliphatic imine (C=N–C) groups is 1. The van der Waals surface area contributed by atoms with Crippen LogP contribution in [-0.2, 0) is 7.05 Å². The molecule has 3 rings (SSSR count). The second-order valence-corrected chi connectivity index (χ2v) is 5.62. The van der Waals surface area contributed by atoms with Crippen LogP contribution in [0.25, 0.3) is 5.69 Å². The van der Waals surface area contributed by atoms with E-state index in [0.29, 0.717) is 16.9 Å². The van der Waals surface area contributed by atoms with Crippen molar-refractivity contribution in [3.8, 4) is 11.4 Å². The van der Waals surface area contributed by atoms with Crippen LogP contribution in [0.15, 0.2) is 64.4 Å². The Morgan fingerprint density at radius 3 is 2.35 bits per heavy atom. The van der Waals surface area contributed by atoms with Gasteiger partial charge in [-0.05, 0) is 48.9 Å². The summed E-state index contributed by atoms with van der Waals surface area (Å²) in [6.45, 7) is -1.05. The fourth-order valence-electron chi connectivity index (χ4n) is 2.58. The van der Waals surface area contributed by atoms with Crippen LogP contribution in [0.1, 0.15) is 11.3 Å². The molecule has 0 amide bonds. The molecule has 0 radical (unpaired) electrons. The van der Waals surface area contributed by atoms with Crippen LogP contribution in [0.2, 0.25) is 0 Å². The van der Waals surface area contributed by atoms with E-state index < -0.39 is 6.61 Å². The number of halogens is 2. The first-order chi connectivity index (χ1) is 12.5. The van der Waals surface area contributed by atoms with Gasteiger partial charge in [0, 0.05) is 13.3 Å². The first-order valence-electron chi connectivity index (χ1n) is 7.90. The second kappa shape index (κ2) is 7.35. The van der Waals surface area contributed by atoms with Gasteiger partial charge in [0.15, 0.2) is 5.69 Å². The van der Waals surface area contributed by atoms with E-state index in [4.69, 9.17) is 0 Å². The van der Waals surface area contributed by atoms with Crippen molar-refractivity contribution in [1.29, 1.82) is 0 Å². The summed E-state index contributed by atoms with van der Waals surface area (Å²) >= 11 is 0. The van der Waals surface area contributed by atoms with Gasteiger partial charge >= 0.3 is 6.61 Å². The molecule has 0 unspecified atom stereocenters. The van der Waals surface area contributed by atoms with Crippen molar-refractivity contribution in [2.75, 3.05) is 0 Å². The van der Waals surface area contributed by atoms with Gasteiger partial charge in [-0.2, -0.15) is 8.78 Å². The number of benzene rings is 2. The number of para-hydroxylation sites is 1. The van der Waals surface area contributed by atoms with E-state index in [1.165, 1.54) is 18.3 Å². The Morgan fingerprint density at radius 2 is 1.73 bits per heavy atom. The lowest BCUT2D eigenvalue weighted by molar-refractivity contribution is -0.0498. The maximum absolute atomic E-state index is 12.7. The fourth-order valence-corrected chi connectivity index (χ4v) is 2.58. The average molecular weight is 357 g/mol. The summed E-state index contributed by atoms with van der Waals surface area (Å²) in [6.07, 6.45) is 1.52. The van der Waals surface area contributed by atoms with Crippen LogP contribution in [0.3, 0.4) is 0 Å². The van der Waals surface area contributed by atoms with E-state index >= 15 is 0 Å². The molecule has 1 aromatic heterocycles. The smallest absolute Gasteiger partial charge is 0.387 e. The van der Waals surface area contributed by atoms with Crippen LogP contribution >= 0.6 is 0 Å². The molecule has 0 N–H and O–H groups in total. The van der Waals surface area contributed by atoms with Crippen LogP contribution in [0, 0.1) is 6.92 Å². The molecule has 1 heterocycles. The Morgan fingerprint density at radius 1 is 1.08 bits per heavy atom. The van der Waals surface area contributed by atoms with E-state index in [-0.39, 0.29) is 11.3 Å². The van der Waals surface area contributed by atoms with Gasteiger partial charge in [0.25, 0.3) is 5.56 Å². The highest BCUT2D eigenvalue weighted by Gasteiger charge is 2.14. The van der Waals surface area contributed by atoms with Crippen LogP contribution in [0.5, 0.6) is 5.75 Å². The molecule has 0 spiro atoms. The van der Waals surface area contributed by atoms with E-state index in [1.54, 1.807) is 28.5 Å². The highest BCUT2D eigenvalue weighted by molar-refractivity contribution is 5.82. The molecule has 0 aliphatic carbocycles. The Kier molecular flexibility index (Phi) is 4.97. The standard InChI is InChI=1S/C19H17F2N3O2/c1-13-17(18(25)24(23(13)2)15-6-4-3-5-7-15)22-12-14-8-10-16(11-9-14)26-19(20)21/h3-12,19H,1-2H3. The van der Waals surface area contributed by atoms with E-state index in [2.05, 4.69) is 9.73 Å². The fraction of sp³-hybridized carbons (Fsp3) is 0.158. The van der Waals surface area contributed by atoms with Gasteiger partial charge < -0.3 is 4.74 Å². The first kappa shape index (κ1) is 17.6. The molecule has 26 heavy (non-hydrogen) atoms. The highest BCUT2D eigenvalue weighted by Crippen LogP contribution is 2.18. The molecular weight excluding hydrogens is 340 g/mol. The van der Waals surface area contributed by atoms with Gasteiger partial charge in [-0.3, -0.25) is 9.48 Å². The van der Waals surface area contributed by atoms with Gasteiger partial charge in [0.1, 0.15) is 5.75 Å². The van der Waals surface area contributed by atoms with E-state index in [1.807, 2.05) is 37.3 Å². The Bertz CT molecular complexity index is 975. The molecule has 0 aliphatic rings. The lowest BCUT2D eigenvalue weighted by Gasteiger charge is -2.07. The number of nitrogens with zero attached hydrogens (tertiary/aromatic N) is 3. The number of aromatic nitrogens is 2. The third kappa shape index (κ3) is 3.56. The maximum atomic E-state index is 12.7. The van der Waals surface area contributed by atoms with E-state index in [9.17, 15) is 13.6 Å². The second-order valence-electron chi connectivity index (χ2n) is 5.62. The molecule has 0 atom stereocenters. The summed E-state index contributed by atoms with van der Waals surface area (Å²) in [5.41, 5.74) is 2.22. The largest absolute Gasteiger partial charge is 0.435 e. The molecule has 134 valence electrons. The molecule has 3 aromatic rings. The summed E-state index contributed by atoms with van der Waals surface area (Å²) in [4.78, 5) is 17.0. The molecular formula is C19H17F2N3O2. The molecule has 0 saturated carbocycles. The number of ether oxygens (including phenoxy) is 1. The molecule has 0 aliphatic heterocycles. The Labute approximate surface area is 148 Å². The molecule has 0 bridgehead atoms. The van der Waals surface area contributed by atoms with E-state index in [0.717, 1.165) is 5.69 Å². The quantitative estimate of drug-likeness (QED) is 0.652. The minimum atomic E-state index is -2.86. The predicted molar refractivity (Wildman–Crippen MR) is 96.1 cm³/mol. The number of alkyl halides is 2. The SMILES string of the molecule is Cc1c(N=Cc2ccc(OC(F)F)cc2)c(=O)n(-c2ccccc2)n1C. The molecule has 2 aromatic carbocycles. The normalized spacial score (nSPS) is 11.4. The Hall–Kier alpha value is -3.22. The lowest BCUT2D eigenvalue weighted by Crippen LogP contribution is -2.19. The minimum Gasteiger partial charge on any atom is -0.435 e. The number of hydrogen-bond donors (Lipinski definition) is 0. The summed E-state index contributed by atoms with van der Waals surface area (Å²) in [5.74, 6) is 0.0690. The zero-order valence-electron chi connectivity index (χ0n) is 14.3. The third-order valence-corrected chi connectivity index (χ3v) is 3.97. The predicted octanol–water partition coefficient (Wildman–Crippen LogP) is 3.84. The Balaban J connectivity index is 1.91. The molecule has 0 fully saturated rings. The van der Waals surface area contributed by atoms with Gasteiger partial charge in [-0.15, -0.1) is 0 Å². The van der Waals surface area contributed by atoms with Crippen LogP contribution in [-0.4, -0.2) is 22.2 Å². The summed E-state index contributed by atoms with van der Waals surface area (Å²) < 4.78 is 31.9. The van der Waals surface area contributed by atoms with Gasteiger partial charge in [-0.25, -0.2) is 9.67 Å². The monoisotopic (exact) mass is 357 g/mol. The van der Waals surface area contributed by atoms with Crippen molar-refractivity contribution in [3.05, 3.63) is 76.2 Å². The van der Waals surface area contributed by atoms with Gasteiger partial charge in [0.05, 0.1) is 11.4 Å². The average Bonchev–Trinajstić information content (AvgIpc) is 2.84. The minimum absolute atomic E-state index is 0.0690. The third-order valence-electron chi connectivity index (χ3n) is 3.97. The van der Waals surface area contributed by atoms with Gasteiger partial charge in [-0.1, -0.05) is 18.2 Å². The zero-order valence-corrected chi connectivity index (χ0v) is 14.3. The van der Waals surface area contributed by atoms with Crippen molar-refractivity contribution in [1.82, 2.24) is 9.36 Å². The van der Waals surface area contributed by atoms with Crippen molar-refractivity contribution >= 4 is 11.9 Å². The summed E-state index contributed by atoms with van der Waals surface area (Å²) in [6, 6.07) is 15.3. The van der Waals surface area contributed by atoms with Crippen molar-refractivity contribution in [3.63, 3.8) is 0 Å². The topological polar surface area (TPSA) is 48.5 Å². The van der Waals surface area contributed by atoms with Crippen LogP contribution in [0.4, 0.5) is 14.5 Å². The zero-order chi connectivity index (χ0) is 18.7. The molecule has 0 saturated heterocycles. The van der Waals surface area contributed by atoms with Crippen molar-refractivity contribution < 1.29 is 13.5 Å². The number of rotatable bonds is 5. The van der Waals surface area contributed by atoms with Crippen molar-refractivity contribution in [2.24, 2.45) is 12.0 Å². The highest BCUT2D eigenvalue weighted by atomic mass is 19.3.